The van der Waals surface area contributed by atoms with E-state index in [1.165, 1.54) is 33.4 Å². The Hall–Kier alpha value is -12.3. The van der Waals surface area contributed by atoms with Gasteiger partial charge in [0.15, 0.2) is 0 Å². The van der Waals surface area contributed by atoms with E-state index in [1.54, 1.807) is 37.7 Å². The molecule has 4 radical (unpaired) electrons. The topological polar surface area (TPSA) is 155 Å². The zero-order valence-corrected chi connectivity index (χ0v) is 80.1. The number of hydrogen-bond donors (Lipinski definition) is 0. The van der Waals surface area contributed by atoms with Crippen LogP contribution in [0.1, 0.15) is 75.4 Å². The Balaban J connectivity index is 0.000000195. The number of rotatable bonds is 10. The van der Waals surface area contributed by atoms with Crippen molar-refractivity contribution in [3.05, 3.63) is 460 Å². The molecule has 628 valence electrons. The van der Waals surface area contributed by atoms with Gasteiger partial charge in [-0.25, -0.2) is 19.9 Å². The van der Waals surface area contributed by atoms with Crippen LogP contribution in [0.5, 0.6) is 0 Å². The largest absolute Gasteiger partial charge is 0.305 e. The average molecular weight is 2330 g/mol. The molecule has 0 atom stereocenters. The Kier molecular flexibility index (Phi) is 41.6. The van der Waals surface area contributed by atoms with Crippen LogP contribution < -0.4 is 0 Å². The van der Waals surface area contributed by atoms with Crippen molar-refractivity contribution in [1.29, 1.82) is 0 Å². The van der Waals surface area contributed by atoms with Gasteiger partial charge in [-0.2, -0.15) is 0 Å². The first-order valence-electron chi connectivity index (χ1n) is 39.3. The van der Waals surface area contributed by atoms with Gasteiger partial charge in [-0.15, -0.1) is 287 Å². The summed E-state index contributed by atoms with van der Waals surface area (Å²) < 4.78 is 0. The van der Waals surface area contributed by atoms with Crippen LogP contribution in [-0.4, -0.2) is 59.8 Å². The van der Waals surface area contributed by atoms with E-state index < -0.39 is 0 Å². The van der Waals surface area contributed by atoms with Crippen LogP contribution in [0.2, 0.25) is 0 Å². The van der Waals surface area contributed by atoms with E-state index in [0.29, 0.717) is 0 Å². The summed E-state index contributed by atoms with van der Waals surface area (Å²) in [6.45, 7) is 21.0. The molecule has 0 aliphatic carbocycles. The molecule has 0 saturated carbocycles. The minimum Gasteiger partial charge on any atom is -0.305 e. The maximum atomic E-state index is 4.55. The molecule has 18 aromatic rings. The van der Waals surface area contributed by atoms with Crippen LogP contribution in [-0.2, 0) is 91.3 Å². The minimum absolute atomic E-state index is 0. The van der Waals surface area contributed by atoms with Crippen molar-refractivity contribution in [1.82, 2.24) is 59.8 Å². The molecule has 0 aliphatic rings. The number of pyridine rings is 4. The summed E-state index contributed by atoms with van der Waals surface area (Å²) in [5.74, 6) is 0. The SMILES string of the molecule is CC(C)(C)c1cc(-c2[c-]cccc2)ncn1.CC(C)(C)c1cc(-c2[c-]cccc2)ncn1.Cc1cc(-c2[c-]cccc2)ncc1-c1ccccc1.Cc1cc(-c2[c-]cccc2)ncc1-c1ccccc1.Cc1cc(-c2[c-]cccc2)ncn1.Cc1cc(-c2[c-]cccc2)ncn1.[Ir].[Ir].[Ir].[Ir].[c-]1ccccc1-c1ccccn1.[c-]1ccccc1-c1ccccn1. The van der Waals surface area contributed by atoms with Gasteiger partial charge in [-0.1, -0.05) is 163 Å². The molecule has 0 bridgehead atoms. The number of hydrogen-bond acceptors (Lipinski definition) is 12. The van der Waals surface area contributed by atoms with Crippen molar-refractivity contribution >= 4 is 0 Å². The van der Waals surface area contributed by atoms with Crippen molar-refractivity contribution in [2.24, 2.45) is 0 Å². The second-order valence-corrected chi connectivity index (χ2v) is 29.3. The Morgan fingerprint density at radius 3 is 0.669 bits per heavy atom. The van der Waals surface area contributed by atoms with Gasteiger partial charge >= 0.3 is 0 Å². The van der Waals surface area contributed by atoms with Crippen molar-refractivity contribution in [3.63, 3.8) is 0 Å². The van der Waals surface area contributed by atoms with Gasteiger partial charge in [0.25, 0.3) is 0 Å². The normalized spacial score (nSPS) is 10.1. The first-order valence-corrected chi connectivity index (χ1v) is 39.3. The van der Waals surface area contributed by atoms with Crippen molar-refractivity contribution in [2.45, 2.75) is 80.1 Å². The van der Waals surface area contributed by atoms with E-state index in [1.807, 2.05) is 317 Å². The Bertz CT molecular complexity index is 5550. The number of benzene rings is 10. The predicted molar refractivity (Wildman–Crippen MR) is 486 cm³/mol. The van der Waals surface area contributed by atoms with E-state index >= 15 is 0 Å². The van der Waals surface area contributed by atoms with Gasteiger partial charge in [0.1, 0.15) is 25.3 Å². The van der Waals surface area contributed by atoms with Gasteiger partial charge in [-0.3, -0.25) is 19.9 Å². The van der Waals surface area contributed by atoms with Gasteiger partial charge in [0.2, 0.25) is 0 Å². The van der Waals surface area contributed by atoms with Crippen LogP contribution >= 0.6 is 0 Å². The molecule has 0 unspecified atom stereocenters. The molecule has 0 N–H and O–H groups in total. The fourth-order valence-corrected chi connectivity index (χ4v) is 11.7. The predicted octanol–water partition coefficient (Wildman–Crippen LogP) is 25.1. The van der Waals surface area contributed by atoms with E-state index in [2.05, 4.69) is 200 Å². The molecule has 18 rings (SSSR count). The van der Waals surface area contributed by atoms with E-state index in [-0.39, 0.29) is 91.3 Å². The van der Waals surface area contributed by atoms with Gasteiger partial charge in [-0.05, 0) is 108 Å². The second kappa shape index (κ2) is 52.2. The maximum Gasteiger partial charge on any atom is 0.105 e. The third-order valence-electron chi connectivity index (χ3n) is 18.1. The average Bonchev–Trinajstić information content (AvgIpc) is 0.823. The zero-order valence-electron chi connectivity index (χ0n) is 70.5. The summed E-state index contributed by atoms with van der Waals surface area (Å²) in [6.07, 6.45) is 13.9. The Morgan fingerprint density at radius 1 is 0.210 bits per heavy atom. The Morgan fingerprint density at radius 2 is 0.444 bits per heavy atom. The number of aryl methyl sites for hydroxylation is 4. The summed E-state index contributed by atoms with van der Waals surface area (Å²) in [7, 11) is 0. The second-order valence-electron chi connectivity index (χ2n) is 29.3. The third-order valence-corrected chi connectivity index (χ3v) is 18.1. The summed E-state index contributed by atoms with van der Waals surface area (Å²) in [6, 6.07) is 133. The van der Waals surface area contributed by atoms with E-state index in [0.717, 1.165) is 113 Å². The molecule has 8 aromatic heterocycles. The van der Waals surface area contributed by atoms with Crippen molar-refractivity contribution < 1.29 is 80.4 Å². The molecule has 124 heavy (non-hydrogen) atoms. The quantitative estimate of drug-likeness (QED) is 0.120. The van der Waals surface area contributed by atoms with Gasteiger partial charge in [0, 0.05) is 150 Å². The Labute approximate surface area is 785 Å². The van der Waals surface area contributed by atoms with Crippen LogP contribution in [0.3, 0.4) is 0 Å². The summed E-state index contributed by atoms with van der Waals surface area (Å²) in [5, 5.41) is 0. The summed E-state index contributed by atoms with van der Waals surface area (Å²) >= 11 is 0. The van der Waals surface area contributed by atoms with Gasteiger partial charge < -0.3 is 19.9 Å². The van der Waals surface area contributed by atoms with Crippen LogP contribution in [0.25, 0.3) is 112 Å². The maximum absolute atomic E-state index is 4.55. The van der Waals surface area contributed by atoms with Crippen LogP contribution in [0, 0.1) is 76.2 Å². The summed E-state index contributed by atoms with van der Waals surface area (Å²) in [5.41, 5.74) is 27.1. The first-order chi connectivity index (χ1) is 58.5. The first kappa shape index (κ1) is 98.8. The number of aromatic nitrogens is 12. The van der Waals surface area contributed by atoms with E-state index in [9.17, 15) is 0 Å². The zero-order chi connectivity index (χ0) is 84.0. The fourth-order valence-electron chi connectivity index (χ4n) is 11.7. The molecule has 0 fully saturated rings. The van der Waals surface area contributed by atoms with Crippen LogP contribution in [0.4, 0.5) is 0 Å². The molecule has 0 amide bonds. The molecule has 16 heteroatoms. The molecule has 0 aliphatic heterocycles. The molecular formula is C108H92Ir4N12-8. The van der Waals surface area contributed by atoms with Crippen LogP contribution in [0.15, 0.2) is 378 Å². The van der Waals surface area contributed by atoms with Crippen molar-refractivity contribution in [3.8, 4) is 112 Å². The number of nitrogens with zero attached hydrogens (tertiary/aromatic N) is 12. The minimum atomic E-state index is 0. The summed E-state index contributed by atoms with van der Waals surface area (Å²) in [4.78, 5) is 51.1. The molecule has 12 nitrogen and oxygen atoms in total. The molecule has 0 spiro atoms. The monoisotopic (exact) mass is 2330 g/mol. The third kappa shape index (κ3) is 31.9. The molecule has 0 saturated heterocycles. The van der Waals surface area contributed by atoms with E-state index in [4.69, 9.17) is 0 Å². The standard InChI is InChI=1S/2C18H14N.2C14H15N2.2C11H9N2.2C11H8N.4Ir/c2*1-14-12-18(16-10-6-3-7-11-16)19-13-17(14)15-8-4-2-5-9-15;2*1-14(2,3)13-9-12(15-10-16-13)11-7-5-4-6-8-11;2*1-9-7-11(13-8-12-9)10-5-3-2-4-6-10;2*1-2-6-10(7-3-1)11-8-4-5-9-12-11;;;;/h2*2-10,12-13H,1H3;2*4-7,9-10H,1-3H3;2*2-5,7-8H,1H3;2*1-6,8-9H;;;;/q8*-1;;;;. The smallest absolute Gasteiger partial charge is 0.105 e. The molecule has 10 aromatic carbocycles. The fraction of sp³-hybridized carbons (Fsp3) is 0.111. The molecular weight excluding hydrogens is 2230 g/mol. The molecule has 8 heterocycles. The van der Waals surface area contributed by atoms with Crippen molar-refractivity contribution in [2.75, 3.05) is 0 Å². The van der Waals surface area contributed by atoms with Gasteiger partial charge in [0.05, 0.1) is 0 Å².